The second-order valence-electron chi connectivity index (χ2n) is 6.85. The molecule has 2 unspecified atom stereocenters. The summed E-state index contributed by atoms with van der Waals surface area (Å²) >= 11 is 0. The highest BCUT2D eigenvalue weighted by molar-refractivity contribution is 6.44. The first-order valence-electron chi connectivity index (χ1n) is 8.55. The number of hydrogen-bond donors (Lipinski definition) is 1. The zero-order chi connectivity index (χ0) is 19.2. The van der Waals surface area contributed by atoms with Gasteiger partial charge in [0.05, 0.1) is 5.56 Å². The topological polar surface area (TPSA) is 56.1 Å². The Labute approximate surface area is 154 Å². The van der Waals surface area contributed by atoms with Crippen molar-refractivity contribution in [2.45, 2.75) is 38.3 Å². The highest BCUT2D eigenvalue weighted by Crippen LogP contribution is 2.31. The molecule has 0 radical (unpaired) electrons. The highest BCUT2D eigenvalue weighted by Gasteiger charge is 2.37. The first-order valence-corrected chi connectivity index (χ1v) is 8.55. The minimum atomic E-state index is -4.34. The number of H-pyrrole nitrogens is 1. The Morgan fingerprint density at radius 1 is 1.19 bits per heavy atom. The molecule has 1 aromatic carbocycles. The number of amidine groups is 2. The first-order chi connectivity index (χ1) is 12.8. The molecule has 2 aliphatic rings. The van der Waals surface area contributed by atoms with E-state index in [9.17, 15) is 13.2 Å². The Bertz CT molecular complexity index is 925. The molecule has 0 amide bonds. The summed E-state index contributed by atoms with van der Waals surface area (Å²) in [4.78, 5) is 18.8. The van der Waals surface area contributed by atoms with Gasteiger partial charge in [-0.05, 0) is 37.6 Å². The van der Waals surface area contributed by atoms with Gasteiger partial charge in [0.2, 0.25) is 0 Å². The number of fused-ring (bicyclic) bond motifs is 1. The van der Waals surface area contributed by atoms with Gasteiger partial charge in [-0.15, -0.1) is 0 Å². The maximum atomic E-state index is 12.8. The van der Waals surface area contributed by atoms with Crippen LogP contribution >= 0.6 is 0 Å². The van der Waals surface area contributed by atoms with Gasteiger partial charge in [-0.3, -0.25) is 0 Å². The summed E-state index contributed by atoms with van der Waals surface area (Å²) in [5, 5.41) is 0. The Morgan fingerprint density at radius 3 is 2.56 bits per heavy atom. The van der Waals surface area contributed by atoms with E-state index in [1.54, 1.807) is 6.21 Å². The van der Waals surface area contributed by atoms with Crippen LogP contribution in [-0.4, -0.2) is 33.9 Å². The molecular formula is C19H18F3N5. The average Bonchev–Trinajstić information content (AvgIpc) is 3.25. The number of halogens is 3. The van der Waals surface area contributed by atoms with Crippen molar-refractivity contribution in [1.82, 2.24) is 9.88 Å². The molecule has 140 valence electrons. The van der Waals surface area contributed by atoms with Gasteiger partial charge in [0.1, 0.15) is 11.7 Å². The predicted molar refractivity (Wildman–Crippen MR) is 98.0 cm³/mol. The van der Waals surface area contributed by atoms with Crippen LogP contribution in [0, 0.1) is 0 Å². The van der Waals surface area contributed by atoms with Crippen LogP contribution in [0.3, 0.4) is 0 Å². The van der Waals surface area contributed by atoms with E-state index in [0.717, 1.165) is 23.3 Å². The number of rotatable bonds is 3. The highest BCUT2D eigenvalue weighted by atomic mass is 19.4. The molecule has 0 aliphatic carbocycles. The SMILES string of the molecule is CC1N=C2N=CC(C)(c3cc[nH]c3)N=C2N1Cc1ccc(C(F)(F)F)cc1. The van der Waals surface area contributed by atoms with Gasteiger partial charge in [0, 0.05) is 30.7 Å². The molecule has 0 spiro atoms. The number of nitrogens with one attached hydrogen (secondary N) is 1. The zero-order valence-electron chi connectivity index (χ0n) is 14.8. The summed E-state index contributed by atoms with van der Waals surface area (Å²) < 4.78 is 38.3. The van der Waals surface area contributed by atoms with Crippen molar-refractivity contribution < 1.29 is 13.2 Å². The zero-order valence-corrected chi connectivity index (χ0v) is 14.8. The van der Waals surface area contributed by atoms with E-state index in [1.165, 1.54) is 12.1 Å². The standard InChI is InChI=1S/C19H18F3N5/c1-12-25-16-17(26-18(2,11-24-16)15-7-8-23-9-15)27(12)10-13-3-5-14(6-4-13)19(20,21)22/h3-9,11-12,23H,10H2,1-2H3. The van der Waals surface area contributed by atoms with Crippen molar-refractivity contribution in [3.05, 3.63) is 59.4 Å². The molecule has 27 heavy (non-hydrogen) atoms. The lowest BCUT2D eigenvalue weighted by Gasteiger charge is -2.29. The van der Waals surface area contributed by atoms with Crippen LogP contribution in [0.15, 0.2) is 57.7 Å². The number of aromatic nitrogens is 1. The maximum Gasteiger partial charge on any atom is 0.416 e. The fraction of sp³-hybridized carbons (Fsp3) is 0.316. The van der Waals surface area contributed by atoms with E-state index >= 15 is 0 Å². The monoisotopic (exact) mass is 373 g/mol. The molecular weight excluding hydrogens is 355 g/mol. The minimum Gasteiger partial charge on any atom is -0.367 e. The molecule has 4 rings (SSSR count). The summed E-state index contributed by atoms with van der Waals surface area (Å²) in [6.07, 6.45) is 0.946. The summed E-state index contributed by atoms with van der Waals surface area (Å²) in [6.45, 7) is 4.29. The molecule has 0 saturated carbocycles. The van der Waals surface area contributed by atoms with Crippen molar-refractivity contribution in [2.75, 3.05) is 0 Å². The number of nitrogens with zero attached hydrogens (tertiary/aromatic N) is 4. The van der Waals surface area contributed by atoms with Crippen LogP contribution in [0.1, 0.15) is 30.5 Å². The van der Waals surface area contributed by atoms with Gasteiger partial charge < -0.3 is 9.88 Å². The molecule has 5 nitrogen and oxygen atoms in total. The molecule has 2 aromatic rings. The Morgan fingerprint density at radius 2 is 1.93 bits per heavy atom. The van der Waals surface area contributed by atoms with Crippen LogP contribution in [0.4, 0.5) is 13.2 Å². The molecule has 3 heterocycles. The maximum absolute atomic E-state index is 12.8. The van der Waals surface area contributed by atoms with Gasteiger partial charge in [0.15, 0.2) is 11.7 Å². The van der Waals surface area contributed by atoms with Crippen LogP contribution in [0.5, 0.6) is 0 Å². The number of aliphatic imine (C=N–C) groups is 3. The Kier molecular flexibility index (Phi) is 3.94. The van der Waals surface area contributed by atoms with Crippen molar-refractivity contribution in [3.63, 3.8) is 0 Å². The molecule has 2 aliphatic heterocycles. The second kappa shape index (κ2) is 6.07. The first kappa shape index (κ1) is 17.5. The Balaban J connectivity index is 1.61. The number of benzene rings is 1. The molecule has 1 aromatic heterocycles. The van der Waals surface area contributed by atoms with Crippen molar-refractivity contribution >= 4 is 17.9 Å². The number of alkyl halides is 3. The second-order valence-corrected chi connectivity index (χ2v) is 6.85. The van der Waals surface area contributed by atoms with Crippen LogP contribution in [-0.2, 0) is 18.3 Å². The fourth-order valence-corrected chi connectivity index (χ4v) is 3.23. The average molecular weight is 373 g/mol. The van der Waals surface area contributed by atoms with Gasteiger partial charge in [0.25, 0.3) is 0 Å². The summed E-state index contributed by atoms with van der Waals surface area (Å²) in [7, 11) is 0. The van der Waals surface area contributed by atoms with Gasteiger partial charge in [-0.1, -0.05) is 12.1 Å². The lowest BCUT2D eigenvalue weighted by Crippen LogP contribution is -2.39. The lowest BCUT2D eigenvalue weighted by atomic mass is 9.96. The third kappa shape index (κ3) is 3.15. The van der Waals surface area contributed by atoms with Gasteiger partial charge >= 0.3 is 6.18 Å². The van der Waals surface area contributed by atoms with E-state index in [2.05, 4.69) is 15.0 Å². The quantitative estimate of drug-likeness (QED) is 0.869. The molecule has 1 N–H and O–H groups in total. The third-order valence-corrected chi connectivity index (χ3v) is 4.83. The third-order valence-electron chi connectivity index (χ3n) is 4.83. The Hall–Kier alpha value is -2.90. The molecule has 2 atom stereocenters. The van der Waals surface area contributed by atoms with Crippen molar-refractivity contribution in [1.29, 1.82) is 0 Å². The normalized spacial score (nSPS) is 24.6. The van der Waals surface area contributed by atoms with E-state index in [4.69, 9.17) is 4.99 Å². The lowest BCUT2D eigenvalue weighted by molar-refractivity contribution is -0.137. The molecule has 0 saturated heterocycles. The van der Waals surface area contributed by atoms with E-state index in [0.29, 0.717) is 18.2 Å². The van der Waals surface area contributed by atoms with Crippen LogP contribution < -0.4 is 0 Å². The van der Waals surface area contributed by atoms with Crippen molar-refractivity contribution in [2.24, 2.45) is 15.0 Å². The largest absolute Gasteiger partial charge is 0.416 e. The van der Waals surface area contributed by atoms with E-state index < -0.39 is 17.3 Å². The van der Waals surface area contributed by atoms with Crippen molar-refractivity contribution in [3.8, 4) is 0 Å². The summed E-state index contributed by atoms with van der Waals surface area (Å²) in [5.74, 6) is 1.22. The number of hydrogen-bond acceptors (Lipinski definition) is 4. The molecule has 0 bridgehead atoms. The van der Waals surface area contributed by atoms with Crippen LogP contribution in [0.25, 0.3) is 0 Å². The van der Waals surface area contributed by atoms with Gasteiger partial charge in [-0.2, -0.15) is 13.2 Å². The predicted octanol–water partition coefficient (Wildman–Crippen LogP) is 3.99. The van der Waals surface area contributed by atoms with E-state index in [1.807, 2.05) is 37.2 Å². The van der Waals surface area contributed by atoms with E-state index in [-0.39, 0.29) is 6.17 Å². The smallest absolute Gasteiger partial charge is 0.367 e. The molecule has 0 fully saturated rings. The van der Waals surface area contributed by atoms with Gasteiger partial charge in [-0.25, -0.2) is 15.0 Å². The minimum absolute atomic E-state index is 0.188. The number of aromatic amines is 1. The molecule has 8 heteroatoms. The fourth-order valence-electron chi connectivity index (χ4n) is 3.23. The summed E-state index contributed by atoms with van der Waals surface area (Å²) in [5.41, 5.74) is 0.465. The van der Waals surface area contributed by atoms with Crippen LogP contribution in [0.2, 0.25) is 0 Å². The summed E-state index contributed by atoms with van der Waals surface area (Å²) in [6, 6.07) is 7.12.